The molecule has 2 aliphatic heterocycles. The highest BCUT2D eigenvalue weighted by molar-refractivity contribution is 8.13. The van der Waals surface area contributed by atoms with Gasteiger partial charge < -0.3 is 0 Å². The number of rotatable bonds is 3. The molecule has 132 valence electrons. The second kappa shape index (κ2) is 6.75. The lowest BCUT2D eigenvalue weighted by Gasteiger charge is -2.32. The first kappa shape index (κ1) is 16.5. The van der Waals surface area contributed by atoms with Gasteiger partial charge in [-0.05, 0) is 44.2 Å². The number of amidine groups is 1. The topological polar surface area (TPSA) is 47.9 Å². The highest BCUT2D eigenvalue weighted by Gasteiger charge is 2.38. The summed E-state index contributed by atoms with van der Waals surface area (Å²) >= 11 is 1.76. The standard InChI is InChI=1S/C19H24N4OS/c1-13-7-8-16(14(2)11-13)22-9-10-23-17(18(22)24)20-21-19(23)25-12-15-5-3-4-6-15/h7-11,15,17,20H,3-6,12H2,1-2H3. The van der Waals surface area contributed by atoms with Crippen molar-refractivity contribution in [2.45, 2.75) is 45.7 Å². The van der Waals surface area contributed by atoms with Gasteiger partial charge in [-0.25, -0.2) is 0 Å². The summed E-state index contributed by atoms with van der Waals surface area (Å²) in [6, 6.07) is 6.15. The van der Waals surface area contributed by atoms with E-state index in [1.165, 1.54) is 31.2 Å². The van der Waals surface area contributed by atoms with Gasteiger partial charge in [0.25, 0.3) is 5.91 Å². The number of amides is 1. The summed E-state index contributed by atoms with van der Waals surface area (Å²) in [5, 5.41) is 5.32. The number of aryl methyl sites for hydroxylation is 2. The smallest absolute Gasteiger partial charge is 0.276 e. The molecule has 1 aromatic rings. The molecule has 1 atom stereocenters. The molecule has 1 amide bonds. The van der Waals surface area contributed by atoms with Gasteiger partial charge in [0.05, 0.1) is 5.69 Å². The Morgan fingerprint density at radius 3 is 2.80 bits per heavy atom. The largest absolute Gasteiger partial charge is 0.294 e. The number of hydrogen-bond donors (Lipinski definition) is 1. The van der Waals surface area contributed by atoms with Crippen LogP contribution in [-0.4, -0.2) is 27.9 Å². The van der Waals surface area contributed by atoms with Crippen molar-refractivity contribution in [1.82, 2.24) is 10.3 Å². The summed E-state index contributed by atoms with van der Waals surface area (Å²) < 4.78 is 0. The van der Waals surface area contributed by atoms with Crippen LogP contribution in [0.4, 0.5) is 5.69 Å². The third-order valence-electron chi connectivity index (χ3n) is 5.16. The zero-order valence-corrected chi connectivity index (χ0v) is 15.6. The predicted molar refractivity (Wildman–Crippen MR) is 103 cm³/mol. The first-order chi connectivity index (χ1) is 12.1. The molecule has 25 heavy (non-hydrogen) atoms. The first-order valence-corrected chi connectivity index (χ1v) is 9.95. The molecule has 0 saturated heterocycles. The van der Waals surface area contributed by atoms with E-state index in [0.29, 0.717) is 0 Å². The Morgan fingerprint density at radius 1 is 1.24 bits per heavy atom. The van der Waals surface area contributed by atoms with Crippen LogP contribution in [0.25, 0.3) is 0 Å². The maximum absolute atomic E-state index is 12.9. The highest BCUT2D eigenvalue weighted by atomic mass is 32.2. The van der Waals surface area contributed by atoms with Gasteiger partial charge in [0, 0.05) is 18.2 Å². The maximum Gasteiger partial charge on any atom is 0.276 e. The van der Waals surface area contributed by atoms with Gasteiger partial charge in [-0.15, -0.1) is 0 Å². The number of hydrogen-bond acceptors (Lipinski definition) is 5. The van der Waals surface area contributed by atoms with E-state index in [2.05, 4.69) is 23.5 Å². The average Bonchev–Trinajstić information content (AvgIpc) is 3.24. The Labute approximate surface area is 153 Å². The Bertz CT molecular complexity index is 739. The molecular weight excluding hydrogens is 332 g/mol. The number of benzene rings is 1. The van der Waals surface area contributed by atoms with Crippen molar-refractivity contribution in [3.05, 3.63) is 41.7 Å². The van der Waals surface area contributed by atoms with E-state index >= 15 is 0 Å². The minimum absolute atomic E-state index is 0.00895. The number of carbonyl (C=O) groups excluding carboxylic acids is 1. The van der Waals surface area contributed by atoms with Crippen molar-refractivity contribution < 1.29 is 4.79 Å². The third kappa shape index (κ3) is 3.15. The van der Waals surface area contributed by atoms with E-state index in [0.717, 1.165) is 28.1 Å². The van der Waals surface area contributed by atoms with E-state index < -0.39 is 6.17 Å². The van der Waals surface area contributed by atoms with Crippen LogP contribution in [-0.2, 0) is 4.79 Å². The Morgan fingerprint density at radius 2 is 2.04 bits per heavy atom. The Kier molecular flexibility index (Phi) is 4.46. The summed E-state index contributed by atoms with van der Waals surface area (Å²) in [6.07, 6.45) is 8.74. The fraction of sp³-hybridized carbons (Fsp3) is 0.474. The molecule has 5 nitrogen and oxygen atoms in total. The molecule has 0 radical (unpaired) electrons. The molecule has 6 heteroatoms. The van der Waals surface area contributed by atoms with Gasteiger partial charge in [0.15, 0.2) is 5.17 Å². The normalized spacial score (nSPS) is 23.0. The summed E-state index contributed by atoms with van der Waals surface area (Å²) in [5.74, 6) is 1.89. The van der Waals surface area contributed by atoms with Gasteiger partial charge in [-0.2, -0.15) is 5.10 Å². The van der Waals surface area contributed by atoms with Crippen LogP contribution in [0.3, 0.4) is 0 Å². The molecule has 3 aliphatic rings. The fourth-order valence-corrected chi connectivity index (χ4v) is 4.92. The van der Waals surface area contributed by atoms with Gasteiger partial charge >= 0.3 is 0 Å². The lowest BCUT2D eigenvalue weighted by molar-refractivity contribution is -0.122. The van der Waals surface area contributed by atoms with Crippen LogP contribution < -0.4 is 10.3 Å². The molecule has 0 bridgehead atoms. The van der Waals surface area contributed by atoms with Gasteiger partial charge in [0.2, 0.25) is 6.17 Å². The molecule has 1 saturated carbocycles. The minimum atomic E-state index is -0.434. The second-order valence-corrected chi connectivity index (χ2v) is 8.08. The third-order valence-corrected chi connectivity index (χ3v) is 6.36. The molecule has 1 unspecified atom stereocenters. The molecule has 1 aromatic carbocycles. The van der Waals surface area contributed by atoms with Crippen molar-refractivity contribution in [3.63, 3.8) is 0 Å². The molecule has 1 aliphatic carbocycles. The molecule has 2 heterocycles. The lowest BCUT2D eigenvalue weighted by Crippen LogP contribution is -2.52. The number of thioether (sulfide) groups is 1. The number of fused-ring (bicyclic) bond motifs is 1. The Balaban J connectivity index is 1.48. The molecule has 1 fully saturated rings. The van der Waals surface area contributed by atoms with Gasteiger partial charge in [-0.1, -0.05) is 42.3 Å². The summed E-state index contributed by atoms with van der Waals surface area (Å²) in [5.41, 5.74) is 6.24. The van der Waals surface area contributed by atoms with Crippen molar-refractivity contribution in [2.75, 3.05) is 10.7 Å². The van der Waals surface area contributed by atoms with Crippen molar-refractivity contribution in [3.8, 4) is 0 Å². The molecule has 1 N–H and O–H groups in total. The predicted octanol–water partition coefficient (Wildman–Crippen LogP) is 3.55. The zero-order chi connectivity index (χ0) is 17.4. The molecule has 4 rings (SSSR count). The SMILES string of the molecule is Cc1ccc(N2C=CN3C(SCC4CCCC4)=NNC3C2=O)c(C)c1. The molecule has 0 spiro atoms. The zero-order valence-electron chi connectivity index (χ0n) is 14.7. The second-order valence-electron chi connectivity index (χ2n) is 7.09. The van der Waals surface area contributed by atoms with Crippen LogP contribution >= 0.6 is 11.8 Å². The number of hydrazone groups is 1. The monoisotopic (exact) mass is 356 g/mol. The van der Waals surface area contributed by atoms with Gasteiger partial charge in [0.1, 0.15) is 0 Å². The quantitative estimate of drug-likeness (QED) is 0.900. The summed E-state index contributed by atoms with van der Waals surface area (Å²) in [4.78, 5) is 16.6. The van der Waals surface area contributed by atoms with Crippen LogP contribution in [0.15, 0.2) is 35.7 Å². The van der Waals surface area contributed by atoms with E-state index in [1.54, 1.807) is 16.7 Å². The van der Waals surface area contributed by atoms with Gasteiger partial charge in [-0.3, -0.25) is 20.0 Å². The molecule has 0 aromatic heterocycles. The maximum atomic E-state index is 12.9. The number of nitrogens with zero attached hydrogens (tertiary/aromatic N) is 3. The summed E-state index contributed by atoms with van der Waals surface area (Å²) in [7, 11) is 0. The van der Waals surface area contributed by atoms with E-state index in [-0.39, 0.29) is 5.91 Å². The first-order valence-electron chi connectivity index (χ1n) is 8.96. The Hall–Kier alpha value is -1.95. The highest BCUT2D eigenvalue weighted by Crippen LogP contribution is 2.32. The van der Waals surface area contributed by atoms with Crippen molar-refractivity contribution in [1.29, 1.82) is 0 Å². The lowest BCUT2D eigenvalue weighted by atomic mass is 10.1. The van der Waals surface area contributed by atoms with Crippen LogP contribution in [0, 0.1) is 19.8 Å². The number of anilines is 1. The van der Waals surface area contributed by atoms with E-state index in [1.807, 2.05) is 36.4 Å². The number of nitrogens with one attached hydrogen (secondary N) is 1. The van der Waals surface area contributed by atoms with Crippen molar-refractivity contribution >= 4 is 28.5 Å². The average molecular weight is 356 g/mol. The van der Waals surface area contributed by atoms with E-state index in [4.69, 9.17) is 0 Å². The van der Waals surface area contributed by atoms with Crippen LogP contribution in [0.5, 0.6) is 0 Å². The fourth-order valence-electron chi connectivity index (χ4n) is 3.77. The number of carbonyl (C=O) groups is 1. The van der Waals surface area contributed by atoms with Crippen LogP contribution in [0.1, 0.15) is 36.8 Å². The van der Waals surface area contributed by atoms with Crippen molar-refractivity contribution in [2.24, 2.45) is 11.0 Å². The van der Waals surface area contributed by atoms with Crippen LogP contribution in [0.2, 0.25) is 0 Å². The summed E-state index contributed by atoms with van der Waals surface area (Å²) in [6.45, 7) is 4.10. The van der Waals surface area contributed by atoms with E-state index in [9.17, 15) is 4.79 Å². The molecular formula is C19H24N4OS. The minimum Gasteiger partial charge on any atom is -0.294 e.